The number of carbonyl (C=O) groups excluding carboxylic acids is 1. The van der Waals surface area contributed by atoms with E-state index in [1.807, 2.05) is 11.9 Å². The van der Waals surface area contributed by atoms with Crippen LogP contribution in [0.2, 0.25) is 0 Å². The Labute approximate surface area is 139 Å². The molecule has 2 heterocycles. The molecule has 2 aliphatic heterocycles. The van der Waals surface area contributed by atoms with Crippen LogP contribution in [0.15, 0.2) is 4.99 Å². The first kappa shape index (κ1) is 16.6. The van der Waals surface area contributed by atoms with Gasteiger partial charge in [-0.25, -0.2) is 0 Å². The molecule has 1 atom stereocenters. The first-order valence-corrected chi connectivity index (χ1v) is 9.14. The van der Waals surface area contributed by atoms with Gasteiger partial charge in [0.1, 0.15) is 6.10 Å². The molecule has 6 heteroatoms. The first-order valence-electron chi connectivity index (χ1n) is 9.14. The van der Waals surface area contributed by atoms with Crippen molar-refractivity contribution in [2.45, 2.75) is 44.6 Å². The zero-order chi connectivity index (χ0) is 16.1. The molecule has 0 spiro atoms. The third-order valence-corrected chi connectivity index (χ3v) is 5.08. The van der Waals surface area contributed by atoms with Crippen molar-refractivity contribution in [2.24, 2.45) is 10.9 Å². The summed E-state index contributed by atoms with van der Waals surface area (Å²) >= 11 is 0. The van der Waals surface area contributed by atoms with Crippen LogP contribution in [0.1, 0.15) is 38.5 Å². The zero-order valence-corrected chi connectivity index (χ0v) is 14.3. The third kappa shape index (κ3) is 4.59. The largest absolute Gasteiger partial charge is 0.368 e. The standard InChI is InChI=1S/C17H30N4O2/c1-18-17(19-8-2-4-14-6-7-14)21-11-9-20(10-12-21)16(22)15-5-3-13-23-15/h14-15H,2-13H2,1H3,(H,18,19). The van der Waals surface area contributed by atoms with Crippen LogP contribution in [0.25, 0.3) is 0 Å². The molecule has 23 heavy (non-hydrogen) atoms. The summed E-state index contributed by atoms with van der Waals surface area (Å²) in [5, 5.41) is 3.47. The lowest BCUT2D eigenvalue weighted by atomic mass is 10.2. The van der Waals surface area contributed by atoms with E-state index in [9.17, 15) is 4.79 Å². The summed E-state index contributed by atoms with van der Waals surface area (Å²) in [5.74, 6) is 2.14. The summed E-state index contributed by atoms with van der Waals surface area (Å²) in [6.07, 6.45) is 7.11. The monoisotopic (exact) mass is 322 g/mol. The van der Waals surface area contributed by atoms with Gasteiger partial charge in [0.05, 0.1) is 0 Å². The van der Waals surface area contributed by atoms with E-state index in [2.05, 4.69) is 15.2 Å². The predicted molar refractivity (Wildman–Crippen MR) is 90.4 cm³/mol. The van der Waals surface area contributed by atoms with Gasteiger partial charge in [-0.15, -0.1) is 0 Å². The topological polar surface area (TPSA) is 57.2 Å². The van der Waals surface area contributed by atoms with E-state index in [4.69, 9.17) is 4.74 Å². The summed E-state index contributed by atoms with van der Waals surface area (Å²) in [5.41, 5.74) is 0. The van der Waals surface area contributed by atoms with Crippen molar-refractivity contribution in [3.63, 3.8) is 0 Å². The highest BCUT2D eigenvalue weighted by molar-refractivity contribution is 5.82. The number of aliphatic imine (C=N–C) groups is 1. The van der Waals surface area contributed by atoms with Crippen LogP contribution < -0.4 is 5.32 Å². The molecule has 0 radical (unpaired) electrons. The molecule has 2 saturated heterocycles. The fourth-order valence-corrected chi connectivity index (χ4v) is 3.44. The van der Waals surface area contributed by atoms with E-state index in [0.717, 1.165) is 64.0 Å². The third-order valence-electron chi connectivity index (χ3n) is 5.08. The fraction of sp³-hybridized carbons (Fsp3) is 0.882. The highest BCUT2D eigenvalue weighted by Gasteiger charge is 2.30. The Morgan fingerprint density at radius 1 is 1.17 bits per heavy atom. The molecule has 1 saturated carbocycles. The SMILES string of the molecule is CN=C(NCCCC1CC1)N1CCN(C(=O)C2CCCO2)CC1. The molecule has 3 fully saturated rings. The average molecular weight is 322 g/mol. The Hall–Kier alpha value is -1.30. The Morgan fingerprint density at radius 3 is 2.52 bits per heavy atom. The van der Waals surface area contributed by atoms with Crippen LogP contribution in [0.5, 0.6) is 0 Å². The van der Waals surface area contributed by atoms with Crippen LogP contribution >= 0.6 is 0 Å². The molecule has 1 aliphatic carbocycles. The molecule has 0 bridgehead atoms. The van der Waals surface area contributed by atoms with Crippen molar-refractivity contribution in [3.8, 4) is 0 Å². The van der Waals surface area contributed by atoms with Crippen LogP contribution in [0.4, 0.5) is 0 Å². The fourth-order valence-electron chi connectivity index (χ4n) is 3.44. The molecule has 3 rings (SSSR count). The van der Waals surface area contributed by atoms with Crippen LogP contribution in [-0.4, -0.2) is 74.1 Å². The van der Waals surface area contributed by atoms with Gasteiger partial charge in [0.2, 0.25) is 0 Å². The highest BCUT2D eigenvalue weighted by Crippen LogP contribution is 2.33. The maximum absolute atomic E-state index is 12.4. The van der Waals surface area contributed by atoms with Crippen LogP contribution in [-0.2, 0) is 9.53 Å². The highest BCUT2D eigenvalue weighted by atomic mass is 16.5. The van der Waals surface area contributed by atoms with Crippen molar-refractivity contribution in [3.05, 3.63) is 0 Å². The van der Waals surface area contributed by atoms with Gasteiger partial charge in [0.15, 0.2) is 5.96 Å². The van der Waals surface area contributed by atoms with E-state index in [-0.39, 0.29) is 12.0 Å². The lowest BCUT2D eigenvalue weighted by molar-refractivity contribution is -0.142. The van der Waals surface area contributed by atoms with Gasteiger partial charge in [0, 0.05) is 46.4 Å². The van der Waals surface area contributed by atoms with Crippen LogP contribution in [0, 0.1) is 5.92 Å². The van der Waals surface area contributed by atoms with E-state index >= 15 is 0 Å². The predicted octanol–water partition coefficient (Wildman–Crippen LogP) is 1.08. The Balaban J connectivity index is 1.38. The Morgan fingerprint density at radius 2 is 1.91 bits per heavy atom. The number of ether oxygens (including phenoxy) is 1. The maximum atomic E-state index is 12.4. The number of carbonyl (C=O) groups is 1. The number of guanidine groups is 1. The van der Waals surface area contributed by atoms with Gasteiger partial charge < -0.3 is 19.9 Å². The van der Waals surface area contributed by atoms with Crippen molar-refractivity contribution >= 4 is 11.9 Å². The van der Waals surface area contributed by atoms with Gasteiger partial charge in [0.25, 0.3) is 5.91 Å². The number of nitrogens with one attached hydrogen (secondary N) is 1. The minimum atomic E-state index is -0.193. The number of nitrogens with zero attached hydrogens (tertiary/aromatic N) is 3. The van der Waals surface area contributed by atoms with Gasteiger partial charge in [-0.3, -0.25) is 9.79 Å². The quantitative estimate of drug-likeness (QED) is 0.467. The first-order chi connectivity index (χ1) is 11.3. The second kappa shape index (κ2) is 7.99. The van der Waals surface area contributed by atoms with Crippen molar-refractivity contribution in [2.75, 3.05) is 46.4 Å². The molecule has 1 unspecified atom stereocenters. The molecule has 0 aromatic rings. The minimum absolute atomic E-state index is 0.175. The molecule has 1 N–H and O–H groups in total. The lowest BCUT2D eigenvalue weighted by Crippen LogP contribution is -2.55. The van der Waals surface area contributed by atoms with E-state index in [1.54, 1.807) is 0 Å². The average Bonchev–Trinajstić information content (AvgIpc) is 3.25. The molecule has 6 nitrogen and oxygen atoms in total. The summed E-state index contributed by atoms with van der Waals surface area (Å²) in [7, 11) is 1.84. The van der Waals surface area contributed by atoms with Crippen molar-refractivity contribution in [1.29, 1.82) is 0 Å². The Kier molecular flexibility index (Phi) is 5.75. The maximum Gasteiger partial charge on any atom is 0.251 e. The summed E-state index contributed by atoms with van der Waals surface area (Å²) in [6.45, 7) is 4.95. The second-order valence-corrected chi connectivity index (χ2v) is 6.87. The number of piperazine rings is 1. The molecule has 130 valence electrons. The van der Waals surface area contributed by atoms with Crippen molar-refractivity contribution < 1.29 is 9.53 Å². The van der Waals surface area contributed by atoms with Crippen LogP contribution in [0.3, 0.4) is 0 Å². The second-order valence-electron chi connectivity index (χ2n) is 6.87. The van der Waals surface area contributed by atoms with E-state index in [1.165, 1.54) is 25.7 Å². The lowest BCUT2D eigenvalue weighted by Gasteiger charge is -2.37. The van der Waals surface area contributed by atoms with Gasteiger partial charge in [-0.05, 0) is 31.6 Å². The summed E-state index contributed by atoms with van der Waals surface area (Å²) < 4.78 is 5.51. The Bertz CT molecular complexity index is 422. The molecule has 0 aromatic carbocycles. The minimum Gasteiger partial charge on any atom is -0.368 e. The molecule has 3 aliphatic rings. The molecular weight excluding hydrogens is 292 g/mol. The van der Waals surface area contributed by atoms with Gasteiger partial charge in [-0.2, -0.15) is 0 Å². The normalized spacial score (nSPS) is 25.8. The van der Waals surface area contributed by atoms with E-state index in [0.29, 0.717) is 0 Å². The molecule has 1 amide bonds. The number of rotatable bonds is 5. The summed E-state index contributed by atoms with van der Waals surface area (Å²) in [6, 6.07) is 0. The molecular formula is C17H30N4O2. The number of hydrogen-bond donors (Lipinski definition) is 1. The van der Waals surface area contributed by atoms with E-state index < -0.39 is 0 Å². The van der Waals surface area contributed by atoms with Gasteiger partial charge in [-0.1, -0.05) is 12.8 Å². The number of amides is 1. The summed E-state index contributed by atoms with van der Waals surface area (Å²) in [4.78, 5) is 21.0. The van der Waals surface area contributed by atoms with Crippen molar-refractivity contribution in [1.82, 2.24) is 15.1 Å². The van der Waals surface area contributed by atoms with Gasteiger partial charge >= 0.3 is 0 Å². The molecule has 0 aromatic heterocycles. The smallest absolute Gasteiger partial charge is 0.251 e. The number of hydrogen-bond acceptors (Lipinski definition) is 3. The zero-order valence-electron chi connectivity index (χ0n) is 14.3.